The summed E-state index contributed by atoms with van der Waals surface area (Å²) in [7, 11) is 0. The van der Waals surface area contributed by atoms with Crippen molar-refractivity contribution in [3.8, 4) is 0 Å². The van der Waals surface area contributed by atoms with Crippen molar-refractivity contribution < 1.29 is 14.4 Å². The van der Waals surface area contributed by atoms with E-state index in [1.807, 2.05) is 20.8 Å². The second-order valence-corrected chi connectivity index (χ2v) is 6.16. The largest absolute Gasteiger partial charge is 0.354 e. The van der Waals surface area contributed by atoms with Gasteiger partial charge in [0, 0.05) is 16.8 Å². The van der Waals surface area contributed by atoms with E-state index in [0.29, 0.717) is 22.5 Å². The molecule has 0 aliphatic carbocycles. The molecule has 2 amide bonds. The van der Waals surface area contributed by atoms with Crippen LogP contribution in [0.4, 0.5) is 0 Å². The third-order valence-electron chi connectivity index (χ3n) is 2.94. The van der Waals surface area contributed by atoms with E-state index in [2.05, 4.69) is 15.6 Å². The minimum atomic E-state index is -0.396. The molecule has 0 saturated heterocycles. The van der Waals surface area contributed by atoms with Gasteiger partial charge in [-0.1, -0.05) is 0 Å². The molecule has 1 heterocycles. The standard InChI is InChI=1S/C15H23N3O3/c1-8-12(10(3)19)9(2)17-13(8)14(21)16-7-11(20)18-15(4,5)6/h17H,7H2,1-6H3,(H,16,21)(H,18,20). The van der Waals surface area contributed by atoms with Gasteiger partial charge in [0.1, 0.15) is 5.69 Å². The smallest absolute Gasteiger partial charge is 0.268 e. The van der Waals surface area contributed by atoms with E-state index >= 15 is 0 Å². The third kappa shape index (κ3) is 4.44. The van der Waals surface area contributed by atoms with Crippen LogP contribution in [0.1, 0.15) is 59.8 Å². The van der Waals surface area contributed by atoms with Crippen LogP contribution in [-0.2, 0) is 4.79 Å². The van der Waals surface area contributed by atoms with Crippen molar-refractivity contribution in [2.24, 2.45) is 0 Å². The fourth-order valence-corrected chi connectivity index (χ4v) is 2.22. The van der Waals surface area contributed by atoms with Gasteiger partial charge in [0.05, 0.1) is 6.54 Å². The van der Waals surface area contributed by atoms with Crippen molar-refractivity contribution in [2.75, 3.05) is 6.54 Å². The van der Waals surface area contributed by atoms with Gasteiger partial charge in [-0.25, -0.2) is 0 Å². The van der Waals surface area contributed by atoms with E-state index in [-0.39, 0.29) is 23.8 Å². The molecule has 0 aliphatic rings. The summed E-state index contributed by atoms with van der Waals surface area (Å²) >= 11 is 0. The molecule has 3 N–H and O–H groups in total. The first-order chi connectivity index (χ1) is 9.53. The second kappa shape index (κ2) is 6.11. The first-order valence-corrected chi connectivity index (χ1v) is 6.82. The SMILES string of the molecule is CC(=O)c1c(C)[nH]c(C(=O)NCC(=O)NC(C)(C)C)c1C. The lowest BCUT2D eigenvalue weighted by Gasteiger charge is -2.20. The number of rotatable bonds is 4. The van der Waals surface area contributed by atoms with Gasteiger partial charge in [-0.05, 0) is 47.1 Å². The average molecular weight is 293 g/mol. The van der Waals surface area contributed by atoms with Crippen LogP contribution in [0.5, 0.6) is 0 Å². The fourth-order valence-electron chi connectivity index (χ4n) is 2.22. The number of Topliss-reactive ketones (excluding diaryl/α,β-unsaturated/α-hetero) is 1. The number of H-pyrrole nitrogens is 1. The third-order valence-corrected chi connectivity index (χ3v) is 2.94. The molecule has 0 fully saturated rings. The highest BCUT2D eigenvalue weighted by molar-refractivity contribution is 6.03. The first-order valence-electron chi connectivity index (χ1n) is 6.82. The molecule has 1 aromatic heterocycles. The van der Waals surface area contributed by atoms with Crippen molar-refractivity contribution >= 4 is 17.6 Å². The van der Waals surface area contributed by atoms with Crippen LogP contribution in [-0.4, -0.2) is 34.7 Å². The molecule has 6 heteroatoms. The second-order valence-electron chi connectivity index (χ2n) is 6.16. The van der Waals surface area contributed by atoms with E-state index in [0.717, 1.165) is 0 Å². The molecule has 0 unspecified atom stereocenters. The molecule has 21 heavy (non-hydrogen) atoms. The molecule has 116 valence electrons. The number of ketones is 1. The van der Waals surface area contributed by atoms with Crippen molar-refractivity contribution in [3.05, 3.63) is 22.5 Å². The summed E-state index contributed by atoms with van der Waals surface area (Å²) < 4.78 is 0. The highest BCUT2D eigenvalue weighted by Gasteiger charge is 2.20. The molecule has 0 radical (unpaired) electrons. The Bertz CT molecular complexity index is 580. The summed E-state index contributed by atoms with van der Waals surface area (Å²) in [5, 5.41) is 5.31. The lowest BCUT2D eigenvalue weighted by atomic mass is 10.1. The van der Waals surface area contributed by atoms with Crippen LogP contribution in [0.2, 0.25) is 0 Å². The number of carbonyl (C=O) groups is 3. The average Bonchev–Trinajstić information content (AvgIpc) is 2.59. The Morgan fingerprint density at radius 3 is 2.14 bits per heavy atom. The summed E-state index contributed by atoms with van der Waals surface area (Å²) in [6.45, 7) is 10.4. The van der Waals surface area contributed by atoms with Crippen molar-refractivity contribution in [3.63, 3.8) is 0 Å². The predicted octanol–water partition coefficient (Wildman–Crippen LogP) is 1.48. The summed E-state index contributed by atoms with van der Waals surface area (Å²) in [6, 6.07) is 0. The monoisotopic (exact) mass is 293 g/mol. The van der Waals surface area contributed by atoms with E-state index in [9.17, 15) is 14.4 Å². The maximum Gasteiger partial charge on any atom is 0.268 e. The minimum Gasteiger partial charge on any atom is -0.354 e. The van der Waals surface area contributed by atoms with Crippen molar-refractivity contribution in [1.29, 1.82) is 0 Å². The lowest BCUT2D eigenvalue weighted by molar-refractivity contribution is -0.121. The van der Waals surface area contributed by atoms with Gasteiger partial charge in [-0.2, -0.15) is 0 Å². The Hall–Kier alpha value is -2.11. The van der Waals surface area contributed by atoms with Crippen LogP contribution >= 0.6 is 0 Å². The molecular formula is C15H23N3O3. The Morgan fingerprint density at radius 2 is 1.71 bits per heavy atom. The predicted molar refractivity (Wildman–Crippen MR) is 80.5 cm³/mol. The molecular weight excluding hydrogens is 270 g/mol. The molecule has 6 nitrogen and oxygen atoms in total. The molecule has 0 aromatic carbocycles. The Balaban J connectivity index is 2.76. The maximum absolute atomic E-state index is 12.1. The summed E-state index contributed by atoms with van der Waals surface area (Å²) in [4.78, 5) is 38.2. The lowest BCUT2D eigenvalue weighted by Crippen LogP contribution is -2.45. The molecule has 1 aromatic rings. The van der Waals surface area contributed by atoms with E-state index in [1.165, 1.54) is 6.92 Å². The molecule has 1 rings (SSSR count). The highest BCUT2D eigenvalue weighted by Crippen LogP contribution is 2.18. The Morgan fingerprint density at radius 1 is 1.14 bits per heavy atom. The summed E-state index contributed by atoms with van der Waals surface area (Å²) in [5.41, 5.74) is 1.77. The minimum absolute atomic E-state index is 0.0919. The van der Waals surface area contributed by atoms with E-state index in [4.69, 9.17) is 0 Å². The zero-order valence-corrected chi connectivity index (χ0v) is 13.4. The molecule has 0 spiro atoms. The van der Waals surface area contributed by atoms with Crippen molar-refractivity contribution in [1.82, 2.24) is 15.6 Å². The number of hydrogen-bond acceptors (Lipinski definition) is 3. The first kappa shape index (κ1) is 16.9. The van der Waals surface area contributed by atoms with Crippen LogP contribution in [0.3, 0.4) is 0 Å². The molecule has 0 atom stereocenters. The van der Waals surface area contributed by atoms with Crippen LogP contribution < -0.4 is 10.6 Å². The highest BCUT2D eigenvalue weighted by atomic mass is 16.2. The summed E-state index contributed by atoms with van der Waals surface area (Å²) in [6.07, 6.45) is 0. The number of hydrogen-bond donors (Lipinski definition) is 3. The number of aryl methyl sites for hydroxylation is 1. The van der Waals surface area contributed by atoms with Gasteiger partial charge in [0.25, 0.3) is 5.91 Å². The van der Waals surface area contributed by atoms with Gasteiger partial charge >= 0.3 is 0 Å². The zero-order chi connectivity index (χ0) is 16.4. The van der Waals surface area contributed by atoms with E-state index < -0.39 is 5.91 Å². The molecule has 0 saturated carbocycles. The number of aromatic amines is 1. The quantitative estimate of drug-likeness (QED) is 0.734. The molecule has 0 aliphatic heterocycles. The zero-order valence-electron chi connectivity index (χ0n) is 13.4. The van der Waals surface area contributed by atoms with E-state index in [1.54, 1.807) is 13.8 Å². The van der Waals surface area contributed by atoms with Gasteiger partial charge < -0.3 is 15.6 Å². The van der Waals surface area contributed by atoms with Gasteiger partial charge in [-0.3, -0.25) is 14.4 Å². The number of carbonyl (C=O) groups excluding carboxylic acids is 3. The number of amides is 2. The maximum atomic E-state index is 12.1. The van der Waals surface area contributed by atoms with Gasteiger partial charge in [-0.15, -0.1) is 0 Å². The van der Waals surface area contributed by atoms with Crippen LogP contribution in [0, 0.1) is 13.8 Å². The van der Waals surface area contributed by atoms with Crippen molar-refractivity contribution in [2.45, 2.75) is 47.1 Å². The van der Waals surface area contributed by atoms with Crippen LogP contribution in [0.25, 0.3) is 0 Å². The van der Waals surface area contributed by atoms with Crippen LogP contribution in [0.15, 0.2) is 0 Å². The Labute approximate surface area is 124 Å². The van der Waals surface area contributed by atoms with Gasteiger partial charge in [0.2, 0.25) is 5.91 Å². The summed E-state index contributed by atoms with van der Waals surface area (Å²) in [5.74, 6) is -0.749. The fraction of sp³-hybridized carbons (Fsp3) is 0.533. The molecule has 0 bridgehead atoms. The number of aromatic nitrogens is 1. The van der Waals surface area contributed by atoms with Gasteiger partial charge in [0.15, 0.2) is 5.78 Å². The Kier molecular flexibility index (Phi) is 4.93. The number of nitrogens with one attached hydrogen (secondary N) is 3. The normalized spacial score (nSPS) is 11.1. The topological polar surface area (TPSA) is 91.1 Å².